The van der Waals surface area contributed by atoms with Crippen LogP contribution in [0.15, 0.2) is 53.2 Å². The van der Waals surface area contributed by atoms with Crippen LogP contribution in [0.5, 0.6) is 0 Å². The maximum Gasteiger partial charge on any atom is 0.252 e. The van der Waals surface area contributed by atoms with Crippen molar-refractivity contribution in [1.29, 1.82) is 0 Å². The first kappa shape index (κ1) is 12.1. The first-order valence-corrected chi connectivity index (χ1v) is 6.99. The minimum Gasteiger partial charge on any atom is -0.434 e. The average Bonchev–Trinajstić information content (AvgIpc) is 2.99. The maximum atomic E-state index is 5.69. The van der Waals surface area contributed by atoms with Gasteiger partial charge in [0.05, 0.1) is 11.7 Å². The summed E-state index contributed by atoms with van der Waals surface area (Å²) in [5.41, 5.74) is 3.68. The van der Waals surface area contributed by atoms with Crippen molar-refractivity contribution < 1.29 is 4.42 Å². The number of rotatable bonds is 1. The predicted octanol–water partition coefficient (Wildman–Crippen LogP) is 2.78. The van der Waals surface area contributed by atoms with Gasteiger partial charge in [0.2, 0.25) is 0 Å². The van der Waals surface area contributed by atoms with Crippen LogP contribution in [-0.4, -0.2) is 30.4 Å². The number of benzene rings is 1. The molecule has 4 aromatic heterocycles. The molecule has 0 aliphatic heterocycles. The third kappa shape index (κ3) is 1.76. The number of fused-ring (bicyclic) bond motifs is 4. The van der Waals surface area contributed by atoms with Gasteiger partial charge in [0.25, 0.3) is 5.71 Å². The van der Waals surface area contributed by atoms with Crippen molar-refractivity contribution in [2.24, 2.45) is 0 Å². The van der Waals surface area contributed by atoms with E-state index >= 15 is 0 Å². The second kappa shape index (κ2) is 4.51. The summed E-state index contributed by atoms with van der Waals surface area (Å²) in [6, 6.07) is 11.5. The van der Waals surface area contributed by atoms with Crippen molar-refractivity contribution in [3.63, 3.8) is 0 Å². The number of hydrogen-bond donors (Lipinski definition) is 0. The van der Waals surface area contributed by atoms with E-state index in [2.05, 4.69) is 30.4 Å². The Bertz CT molecular complexity index is 1180. The lowest BCUT2D eigenvalue weighted by atomic mass is 10.1. The summed E-state index contributed by atoms with van der Waals surface area (Å²) < 4.78 is 5.69. The third-order valence-corrected chi connectivity index (χ3v) is 3.64. The molecule has 0 radical (unpaired) electrons. The van der Waals surface area contributed by atoms with E-state index in [-0.39, 0.29) is 0 Å². The van der Waals surface area contributed by atoms with E-state index in [4.69, 9.17) is 4.42 Å². The number of nitrogens with zero attached hydrogens (tertiary/aromatic N) is 6. The van der Waals surface area contributed by atoms with E-state index in [1.165, 1.54) is 0 Å². The second-order valence-electron chi connectivity index (χ2n) is 5.02. The molecular weight excluding hydrogens is 292 g/mol. The standard InChI is InChI=1S/C16H8N6O/c1-3-9-4-2-7-17-12(9)10(5-1)15-19-16-14(21-22-15)13-11(23-16)6-8-18-20-13/h1-8H. The summed E-state index contributed by atoms with van der Waals surface area (Å²) in [5.74, 6) is 0.466. The molecule has 7 heteroatoms. The molecular formula is C16H8N6O. The summed E-state index contributed by atoms with van der Waals surface area (Å²) in [5, 5.41) is 17.3. The Morgan fingerprint density at radius 3 is 2.74 bits per heavy atom. The van der Waals surface area contributed by atoms with Crippen LogP contribution in [0.3, 0.4) is 0 Å². The van der Waals surface area contributed by atoms with Crippen molar-refractivity contribution in [2.75, 3.05) is 0 Å². The number of hydrogen-bond acceptors (Lipinski definition) is 7. The molecule has 0 atom stereocenters. The van der Waals surface area contributed by atoms with Gasteiger partial charge in [-0.1, -0.05) is 18.2 Å². The minimum absolute atomic E-state index is 0.387. The zero-order valence-electron chi connectivity index (χ0n) is 11.7. The molecule has 0 aliphatic rings. The number of aromatic nitrogens is 6. The van der Waals surface area contributed by atoms with Gasteiger partial charge in [-0.2, -0.15) is 10.1 Å². The molecule has 5 aromatic rings. The van der Waals surface area contributed by atoms with E-state index in [0.717, 1.165) is 16.5 Å². The van der Waals surface area contributed by atoms with E-state index in [1.807, 2.05) is 30.3 Å². The first-order valence-electron chi connectivity index (χ1n) is 6.99. The molecule has 4 heterocycles. The Morgan fingerprint density at radius 1 is 0.783 bits per heavy atom. The lowest BCUT2D eigenvalue weighted by Gasteiger charge is -2.03. The van der Waals surface area contributed by atoms with Gasteiger partial charge in [-0.15, -0.1) is 15.3 Å². The molecule has 0 saturated carbocycles. The zero-order valence-corrected chi connectivity index (χ0v) is 11.7. The highest BCUT2D eigenvalue weighted by molar-refractivity contribution is 5.98. The van der Waals surface area contributed by atoms with Gasteiger partial charge in [-0.3, -0.25) is 4.98 Å². The van der Waals surface area contributed by atoms with Crippen LogP contribution < -0.4 is 0 Å². The van der Waals surface area contributed by atoms with E-state index in [9.17, 15) is 0 Å². The Morgan fingerprint density at radius 2 is 1.74 bits per heavy atom. The van der Waals surface area contributed by atoms with Crippen LogP contribution in [0, 0.1) is 0 Å². The SMILES string of the molecule is c1cnc2c(-c3nnc4c(n3)oc3ccnnc34)cccc2c1. The zero-order chi connectivity index (χ0) is 15.2. The summed E-state index contributed by atoms with van der Waals surface area (Å²) in [6.07, 6.45) is 3.31. The Labute approximate surface area is 129 Å². The van der Waals surface area contributed by atoms with Crippen molar-refractivity contribution in [3.05, 3.63) is 48.8 Å². The smallest absolute Gasteiger partial charge is 0.252 e. The molecule has 108 valence electrons. The monoisotopic (exact) mass is 300 g/mol. The van der Waals surface area contributed by atoms with Crippen LogP contribution in [0.1, 0.15) is 0 Å². The summed E-state index contributed by atoms with van der Waals surface area (Å²) in [6.45, 7) is 0. The Hall–Kier alpha value is -3.48. The molecule has 0 bridgehead atoms. The highest BCUT2D eigenvalue weighted by Gasteiger charge is 2.15. The second-order valence-corrected chi connectivity index (χ2v) is 5.02. The van der Waals surface area contributed by atoms with Gasteiger partial charge in [0.15, 0.2) is 22.4 Å². The number of pyridine rings is 1. The first-order chi connectivity index (χ1) is 11.4. The normalized spacial score (nSPS) is 11.5. The molecule has 0 unspecified atom stereocenters. The van der Waals surface area contributed by atoms with Crippen LogP contribution in [-0.2, 0) is 0 Å². The van der Waals surface area contributed by atoms with Crippen molar-refractivity contribution in [3.8, 4) is 11.4 Å². The summed E-state index contributed by atoms with van der Waals surface area (Å²) in [7, 11) is 0. The Kier molecular flexibility index (Phi) is 2.37. The maximum absolute atomic E-state index is 5.69. The topological polar surface area (TPSA) is 90.5 Å². The van der Waals surface area contributed by atoms with Crippen molar-refractivity contribution in [2.45, 2.75) is 0 Å². The molecule has 0 aliphatic carbocycles. The predicted molar refractivity (Wildman–Crippen MR) is 83.4 cm³/mol. The molecule has 0 saturated heterocycles. The molecule has 0 N–H and O–H groups in total. The minimum atomic E-state index is 0.387. The molecule has 5 rings (SSSR count). The van der Waals surface area contributed by atoms with Gasteiger partial charge < -0.3 is 4.42 Å². The Balaban J connectivity index is 1.81. The van der Waals surface area contributed by atoms with Gasteiger partial charge in [0, 0.05) is 23.2 Å². The van der Waals surface area contributed by atoms with Gasteiger partial charge >= 0.3 is 0 Å². The van der Waals surface area contributed by atoms with Crippen LogP contribution >= 0.6 is 0 Å². The van der Waals surface area contributed by atoms with E-state index in [0.29, 0.717) is 28.2 Å². The van der Waals surface area contributed by atoms with E-state index < -0.39 is 0 Å². The molecule has 0 spiro atoms. The van der Waals surface area contributed by atoms with Crippen LogP contribution in [0.4, 0.5) is 0 Å². The number of furan rings is 1. The van der Waals surface area contributed by atoms with Crippen LogP contribution in [0.2, 0.25) is 0 Å². The fourth-order valence-corrected chi connectivity index (χ4v) is 2.60. The van der Waals surface area contributed by atoms with Crippen molar-refractivity contribution in [1.82, 2.24) is 30.4 Å². The van der Waals surface area contributed by atoms with Crippen LogP contribution in [0.25, 0.3) is 44.6 Å². The quantitative estimate of drug-likeness (QED) is 0.470. The molecule has 0 amide bonds. The highest BCUT2D eigenvalue weighted by atomic mass is 16.3. The lowest BCUT2D eigenvalue weighted by molar-refractivity contribution is 0.649. The fraction of sp³-hybridized carbons (Fsp3) is 0. The molecule has 1 aromatic carbocycles. The largest absolute Gasteiger partial charge is 0.434 e. The van der Waals surface area contributed by atoms with Gasteiger partial charge in [-0.05, 0) is 12.1 Å². The highest BCUT2D eigenvalue weighted by Crippen LogP contribution is 2.27. The number of para-hydroxylation sites is 1. The molecule has 23 heavy (non-hydrogen) atoms. The fourth-order valence-electron chi connectivity index (χ4n) is 2.60. The lowest BCUT2D eigenvalue weighted by Crippen LogP contribution is -1.94. The summed E-state index contributed by atoms with van der Waals surface area (Å²) in [4.78, 5) is 8.90. The van der Waals surface area contributed by atoms with Crippen molar-refractivity contribution >= 4 is 33.2 Å². The molecule has 7 nitrogen and oxygen atoms in total. The van der Waals surface area contributed by atoms with E-state index in [1.54, 1.807) is 18.5 Å². The summed E-state index contributed by atoms with van der Waals surface area (Å²) >= 11 is 0. The van der Waals surface area contributed by atoms with Gasteiger partial charge in [-0.25, -0.2) is 0 Å². The third-order valence-electron chi connectivity index (χ3n) is 3.64. The van der Waals surface area contributed by atoms with Gasteiger partial charge in [0.1, 0.15) is 0 Å². The molecule has 0 fully saturated rings. The average molecular weight is 300 g/mol.